The highest BCUT2D eigenvalue weighted by molar-refractivity contribution is 9.10. The molecule has 0 bridgehead atoms. The molecule has 0 unspecified atom stereocenters. The minimum Gasteiger partial charge on any atom is -0.347 e. The van der Waals surface area contributed by atoms with Crippen LogP contribution in [0.15, 0.2) is 65.3 Å². The van der Waals surface area contributed by atoms with Gasteiger partial charge in [0.25, 0.3) is 0 Å². The smallest absolute Gasteiger partial charge is 0.0491 e. The number of aromatic nitrogens is 1. The summed E-state index contributed by atoms with van der Waals surface area (Å²) in [5.74, 6) is 0. The second-order valence-electron chi connectivity index (χ2n) is 4.42. The zero-order chi connectivity index (χ0) is 12.4. The van der Waals surface area contributed by atoms with Gasteiger partial charge in [-0.15, -0.1) is 0 Å². The van der Waals surface area contributed by atoms with Crippen LogP contribution < -0.4 is 0 Å². The molecule has 0 aliphatic heterocycles. The number of hydrogen-bond acceptors (Lipinski definition) is 0. The summed E-state index contributed by atoms with van der Waals surface area (Å²) in [6, 6.07) is 19.1. The van der Waals surface area contributed by atoms with Gasteiger partial charge in [-0.3, -0.25) is 0 Å². The predicted octanol–water partition coefficient (Wildman–Crippen LogP) is 4.65. The summed E-state index contributed by atoms with van der Waals surface area (Å²) >= 11 is 3.59. The van der Waals surface area contributed by atoms with Crippen LogP contribution in [-0.4, -0.2) is 4.57 Å². The largest absolute Gasteiger partial charge is 0.347 e. The van der Waals surface area contributed by atoms with Gasteiger partial charge >= 0.3 is 0 Å². The topological polar surface area (TPSA) is 4.93 Å². The van der Waals surface area contributed by atoms with Crippen molar-refractivity contribution in [1.29, 1.82) is 0 Å². The number of rotatable bonds is 3. The van der Waals surface area contributed by atoms with Crippen molar-refractivity contribution in [1.82, 2.24) is 4.57 Å². The average molecular weight is 300 g/mol. The molecule has 0 atom stereocenters. The maximum Gasteiger partial charge on any atom is 0.0491 e. The SMILES string of the molecule is Brc1cccc2c1ccn2CCc1ccccc1. The average Bonchev–Trinajstić information content (AvgIpc) is 2.82. The number of nitrogens with zero attached hydrogens (tertiary/aromatic N) is 1. The van der Waals surface area contributed by atoms with Crippen molar-refractivity contribution in [3.05, 3.63) is 70.8 Å². The Bertz CT molecular complexity index is 655. The highest BCUT2D eigenvalue weighted by Gasteiger charge is 2.03. The van der Waals surface area contributed by atoms with Gasteiger partial charge in [0.15, 0.2) is 0 Å². The van der Waals surface area contributed by atoms with Gasteiger partial charge in [0, 0.05) is 28.1 Å². The highest BCUT2D eigenvalue weighted by Crippen LogP contribution is 2.24. The van der Waals surface area contributed by atoms with Crippen molar-refractivity contribution >= 4 is 26.8 Å². The first-order chi connectivity index (χ1) is 8.84. The van der Waals surface area contributed by atoms with Crippen molar-refractivity contribution in [3.8, 4) is 0 Å². The minimum absolute atomic E-state index is 1.02. The molecule has 0 saturated heterocycles. The van der Waals surface area contributed by atoms with Crippen LogP contribution >= 0.6 is 15.9 Å². The highest BCUT2D eigenvalue weighted by atomic mass is 79.9. The third-order valence-electron chi connectivity index (χ3n) is 3.24. The number of benzene rings is 2. The lowest BCUT2D eigenvalue weighted by Gasteiger charge is -2.06. The molecule has 0 radical (unpaired) electrons. The Morgan fingerprint density at radius 1 is 0.889 bits per heavy atom. The van der Waals surface area contributed by atoms with E-state index in [4.69, 9.17) is 0 Å². The van der Waals surface area contributed by atoms with Crippen LogP contribution in [0.2, 0.25) is 0 Å². The molecule has 0 N–H and O–H groups in total. The van der Waals surface area contributed by atoms with E-state index < -0.39 is 0 Å². The maximum absolute atomic E-state index is 3.59. The summed E-state index contributed by atoms with van der Waals surface area (Å²) < 4.78 is 3.48. The number of hydrogen-bond donors (Lipinski definition) is 0. The van der Waals surface area contributed by atoms with Crippen LogP contribution in [0, 0.1) is 0 Å². The van der Waals surface area contributed by atoms with E-state index in [9.17, 15) is 0 Å². The Balaban J connectivity index is 1.85. The summed E-state index contributed by atoms with van der Waals surface area (Å²) in [4.78, 5) is 0. The van der Waals surface area contributed by atoms with E-state index in [1.165, 1.54) is 20.9 Å². The van der Waals surface area contributed by atoms with Crippen LogP contribution in [-0.2, 0) is 13.0 Å². The zero-order valence-corrected chi connectivity index (χ0v) is 11.6. The Kier molecular flexibility index (Phi) is 3.20. The Morgan fingerprint density at radius 3 is 2.56 bits per heavy atom. The lowest BCUT2D eigenvalue weighted by Crippen LogP contribution is -1.99. The molecule has 3 aromatic rings. The van der Waals surface area contributed by atoms with Crippen LogP contribution in [0.3, 0.4) is 0 Å². The maximum atomic E-state index is 3.59. The minimum atomic E-state index is 1.02. The molecule has 18 heavy (non-hydrogen) atoms. The molecular formula is C16H14BrN. The van der Waals surface area contributed by atoms with E-state index in [0.717, 1.165) is 13.0 Å². The van der Waals surface area contributed by atoms with E-state index in [0.29, 0.717) is 0 Å². The van der Waals surface area contributed by atoms with Gasteiger partial charge in [-0.25, -0.2) is 0 Å². The lowest BCUT2D eigenvalue weighted by atomic mass is 10.1. The fraction of sp³-hybridized carbons (Fsp3) is 0.125. The van der Waals surface area contributed by atoms with Crippen molar-refractivity contribution in [2.24, 2.45) is 0 Å². The zero-order valence-electron chi connectivity index (χ0n) is 10.0. The fourth-order valence-corrected chi connectivity index (χ4v) is 2.76. The summed E-state index contributed by atoms with van der Waals surface area (Å²) in [6.07, 6.45) is 3.23. The van der Waals surface area contributed by atoms with Crippen LogP contribution in [0.25, 0.3) is 10.9 Å². The molecule has 2 heteroatoms. The quantitative estimate of drug-likeness (QED) is 0.663. The first-order valence-corrected chi connectivity index (χ1v) is 6.91. The molecule has 1 aromatic heterocycles. The summed E-state index contributed by atoms with van der Waals surface area (Å²) in [5.41, 5.74) is 2.68. The van der Waals surface area contributed by atoms with Gasteiger partial charge in [0.05, 0.1) is 0 Å². The summed E-state index contributed by atoms with van der Waals surface area (Å²) in [6.45, 7) is 1.02. The first-order valence-electron chi connectivity index (χ1n) is 6.12. The van der Waals surface area contributed by atoms with Gasteiger partial charge in [-0.05, 0) is 30.2 Å². The molecule has 0 fully saturated rings. The number of fused-ring (bicyclic) bond motifs is 1. The van der Waals surface area contributed by atoms with Gasteiger partial charge in [-0.1, -0.05) is 52.3 Å². The standard InChI is InChI=1S/C16H14BrN/c17-15-7-4-8-16-14(15)10-12-18(16)11-9-13-5-2-1-3-6-13/h1-8,10,12H,9,11H2. The third kappa shape index (κ3) is 2.21. The second-order valence-corrected chi connectivity index (χ2v) is 5.27. The summed E-state index contributed by atoms with van der Waals surface area (Å²) in [5, 5.41) is 1.28. The Morgan fingerprint density at radius 2 is 1.72 bits per heavy atom. The van der Waals surface area contributed by atoms with Gasteiger partial charge in [-0.2, -0.15) is 0 Å². The second kappa shape index (κ2) is 4.99. The van der Waals surface area contributed by atoms with Crippen molar-refractivity contribution in [3.63, 3.8) is 0 Å². The molecule has 90 valence electrons. The van der Waals surface area contributed by atoms with Crippen LogP contribution in [0.5, 0.6) is 0 Å². The molecule has 1 heterocycles. The molecule has 0 amide bonds. The van der Waals surface area contributed by atoms with E-state index in [1.54, 1.807) is 0 Å². The Hall–Kier alpha value is -1.54. The monoisotopic (exact) mass is 299 g/mol. The molecule has 0 aliphatic rings. The normalized spacial score (nSPS) is 10.9. The first kappa shape index (κ1) is 11.5. The molecule has 1 nitrogen and oxygen atoms in total. The van der Waals surface area contributed by atoms with E-state index >= 15 is 0 Å². The number of aryl methyl sites for hydroxylation is 2. The van der Waals surface area contributed by atoms with Gasteiger partial charge in [0.1, 0.15) is 0 Å². The Labute approximate surface area is 115 Å². The van der Waals surface area contributed by atoms with Gasteiger partial charge in [0.2, 0.25) is 0 Å². The molecule has 0 spiro atoms. The molecule has 3 rings (SSSR count). The molecular weight excluding hydrogens is 286 g/mol. The van der Waals surface area contributed by atoms with Gasteiger partial charge < -0.3 is 4.57 Å². The van der Waals surface area contributed by atoms with Crippen molar-refractivity contribution in [2.75, 3.05) is 0 Å². The fourth-order valence-electron chi connectivity index (χ4n) is 2.28. The lowest BCUT2D eigenvalue weighted by molar-refractivity contribution is 0.723. The van der Waals surface area contributed by atoms with Crippen LogP contribution in [0.4, 0.5) is 0 Å². The number of halogens is 1. The third-order valence-corrected chi connectivity index (χ3v) is 3.94. The van der Waals surface area contributed by atoms with Crippen molar-refractivity contribution in [2.45, 2.75) is 13.0 Å². The molecule has 0 saturated carbocycles. The van der Waals surface area contributed by atoms with E-state index in [2.05, 4.69) is 81.3 Å². The molecule has 2 aromatic carbocycles. The van der Waals surface area contributed by atoms with Crippen molar-refractivity contribution < 1.29 is 0 Å². The molecule has 0 aliphatic carbocycles. The predicted molar refractivity (Wildman–Crippen MR) is 79.8 cm³/mol. The summed E-state index contributed by atoms with van der Waals surface area (Å²) in [7, 11) is 0. The van der Waals surface area contributed by atoms with Crippen LogP contribution in [0.1, 0.15) is 5.56 Å². The van der Waals surface area contributed by atoms with E-state index in [-0.39, 0.29) is 0 Å². The van der Waals surface area contributed by atoms with E-state index in [1.807, 2.05) is 0 Å².